The van der Waals surface area contributed by atoms with Gasteiger partial charge in [0.05, 0.1) is 5.69 Å². The topological polar surface area (TPSA) is 59.0 Å². The number of oxime groups is 1. The fourth-order valence-electron chi connectivity index (χ4n) is 3.61. The first kappa shape index (κ1) is 15.7. The van der Waals surface area contributed by atoms with Crippen molar-refractivity contribution in [3.05, 3.63) is 78.1 Å². The average molecular weight is 360 g/mol. The van der Waals surface area contributed by atoms with Crippen molar-refractivity contribution in [3.8, 4) is 0 Å². The van der Waals surface area contributed by atoms with Gasteiger partial charge in [-0.3, -0.25) is 9.59 Å². The minimum atomic E-state index is -0.982. The van der Waals surface area contributed by atoms with Gasteiger partial charge in [-0.15, -0.1) is 0 Å². The van der Waals surface area contributed by atoms with E-state index in [1.54, 1.807) is 12.1 Å². The molecular weight excluding hydrogens is 347 g/mol. The first-order chi connectivity index (χ1) is 13.1. The molecule has 0 N–H and O–H groups in total. The van der Waals surface area contributed by atoms with Crippen LogP contribution in [0.25, 0.3) is 10.8 Å². The second-order valence-electron chi connectivity index (χ2n) is 6.53. The Hall–Kier alpha value is -3.54. The fourth-order valence-corrected chi connectivity index (χ4v) is 3.61. The molecule has 1 fully saturated rings. The first-order valence-corrected chi connectivity index (χ1v) is 8.50. The first-order valence-electron chi connectivity index (χ1n) is 8.50. The van der Waals surface area contributed by atoms with Gasteiger partial charge in [0, 0.05) is 5.56 Å². The zero-order chi connectivity index (χ0) is 18.5. The van der Waals surface area contributed by atoms with Crippen LogP contribution in [-0.4, -0.2) is 23.6 Å². The van der Waals surface area contributed by atoms with Crippen LogP contribution in [0.5, 0.6) is 0 Å². The van der Waals surface area contributed by atoms with Crippen molar-refractivity contribution in [1.29, 1.82) is 0 Å². The Labute approximate surface area is 153 Å². The minimum absolute atomic E-state index is 0.349. The molecule has 6 heteroatoms. The molecule has 2 atom stereocenters. The van der Waals surface area contributed by atoms with Gasteiger partial charge < -0.3 is 4.84 Å². The van der Waals surface area contributed by atoms with Gasteiger partial charge in [-0.2, -0.15) is 0 Å². The van der Waals surface area contributed by atoms with Crippen molar-refractivity contribution in [1.82, 2.24) is 0 Å². The van der Waals surface area contributed by atoms with E-state index in [4.69, 9.17) is 4.84 Å². The minimum Gasteiger partial charge on any atom is -0.381 e. The van der Waals surface area contributed by atoms with Gasteiger partial charge in [0.15, 0.2) is 0 Å². The molecule has 2 amide bonds. The SMILES string of the molecule is O=C1[C@@H]2C(c3ccc(F)cc3)=NO[C@H]2C(=O)N1c1ccc2ccccc2c1. The van der Waals surface area contributed by atoms with Crippen molar-refractivity contribution in [2.24, 2.45) is 11.1 Å². The molecule has 3 aromatic carbocycles. The lowest BCUT2D eigenvalue weighted by atomic mass is 9.94. The summed E-state index contributed by atoms with van der Waals surface area (Å²) in [6, 6.07) is 18.8. The molecule has 2 aliphatic heterocycles. The predicted octanol–water partition coefficient (Wildman–Crippen LogP) is 3.27. The van der Waals surface area contributed by atoms with Crippen LogP contribution < -0.4 is 4.90 Å². The molecule has 0 saturated carbocycles. The summed E-state index contributed by atoms with van der Waals surface area (Å²) in [4.78, 5) is 32.3. The number of hydrogen-bond donors (Lipinski definition) is 0. The van der Waals surface area contributed by atoms with E-state index in [1.165, 1.54) is 24.3 Å². The van der Waals surface area contributed by atoms with Crippen LogP contribution in [0.2, 0.25) is 0 Å². The average Bonchev–Trinajstić information content (AvgIpc) is 3.23. The summed E-state index contributed by atoms with van der Waals surface area (Å²) in [5.41, 5.74) is 1.41. The number of nitrogens with zero attached hydrogens (tertiary/aromatic N) is 2. The van der Waals surface area contributed by atoms with Gasteiger partial charge in [0.25, 0.3) is 5.91 Å². The standard InChI is InChI=1S/C21H13FN2O3/c22-15-8-5-13(6-9-15)18-17-19(27-23-18)21(26)24(20(17)25)16-10-7-12-3-1-2-4-14(12)11-16/h1-11,17,19H/t17-,19-/m1/s1. The number of carbonyl (C=O) groups is 2. The highest BCUT2D eigenvalue weighted by atomic mass is 19.1. The van der Waals surface area contributed by atoms with Crippen LogP contribution in [0.1, 0.15) is 5.56 Å². The number of halogens is 1. The Morgan fingerprint density at radius 2 is 1.63 bits per heavy atom. The van der Waals surface area contributed by atoms with E-state index in [1.807, 2.05) is 30.3 Å². The smallest absolute Gasteiger partial charge is 0.278 e. The summed E-state index contributed by atoms with van der Waals surface area (Å²) in [5, 5.41) is 5.88. The normalized spacial score (nSPS) is 21.4. The molecule has 2 aliphatic rings. The van der Waals surface area contributed by atoms with E-state index in [-0.39, 0.29) is 11.7 Å². The maximum absolute atomic E-state index is 13.2. The summed E-state index contributed by atoms with van der Waals surface area (Å²) in [6.07, 6.45) is -0.982. The number of hydrogen-bond acceptors (Lipinski definition) is 4. The molecule has 1 saturated heterocycles. The van der Waals surface area contributed by atoms with E-state index in [0.29, 0.717) is 17.0 Å². The molecule has 0 aliphatic carbocycles. The molecule has 0 aromatic heterocycles. The van der Waals surface area contributed by atoms with E-state index in [0.717, 1.165) is 15.7 Å². The number of anilines is 1. The lowest BCUT2D eigenvalue weighted by molar-refractivity contribution is -0.126. The highest BCUT2D eigenvalue weighted by molar-refractivity contribution is 6.32. The highest BCUT2D eigenvalue weighted by Gasteiger charge is 2.56. The van der Waals surface area contributed by atoms with Crippen LogP contribution in [0, 0.1) is 11.7 Å². The fraction of sp³-hybridized carbons (Fsp3) is 0.0952. The number of carbonyl (C=O) groups excluding carboxylic acids is 2. The van der Waals surface area contributed by atoms with E-state index >= 15 is 0 Å². The third kappa shape index (κ3) is 2.33. The molecule has 132 valence electrons. The second-order valence-corrected chi connectivity index (χ2v) is 6.53. The summed E-state index contributed by atoms with van der Waals surface area (Å²) >= 11 is 0. The maximum Gasteiger partial charge on any atom is 0.278 e. The van der Waals surface area contributed by atoms with Crippen LogP contribution in [0.15, 0.2) is 71.9 Å². The van der Waals surface area contributed by atoms with Crippen LogP contribution in [-0.2, 0) is 14.4 Å². The maximum atomic E-state index is 13.2. The lowest BCUT2D eigenvalue weighted by Gasteiger charge is -2.16. The van der Waals surface area contributed by atoms with Gasteiger partial charge in [-0.25, -0.2) is 9.29 Å². The van der Waals surface area contributed by atoms with Crippen molar-refractivity contribution in [3.63, 3.8) is 0 Å². The second kappa shape index (κ2) is 5.74. The van der Waals surface area contributed by atoms with Crippen LogP contribution in [0.3, 0.4) is 0 Å². The Kier molecular flexibility index (Phi) is 3.33. The van der Waals surface area contributed by atoms with Gasteiger partial charge in [0.2, 0.25) is 12.0 Å². The van der Waals surface area contributed by atoms with Gasteiger partial charge in [0.1, 0.15) is 17.4 Å². The predicted molar refractivity (Wildman–Crippen MR) is 97.7 cm³/mol. The zero-order valence-electron chi connectivity index (χ0n) is 14.0. The Balaban J connectivity index is 1.53. The highest BCUT2D eigenvalue weighted by Crippen LogP contribution is 2.36. The number of rotatable bonds is 2. The quantitative estimate of drug-likeness (QED) is 0.659. The van der Waals surface area contributed by atoms with Crippen LogP contribution in [0.4, 0.5) is 10.1 Å². The molecule has 0 spiro atoms. The van der Waals surface area contributed by atoms with E-state index < -0.39 is 17.9 Å². The van der Waals surface area contributed by atoms with E-state index in [9.17, 15) is 14.0 Å². The number of fused-ring (bicyclic) bond motifs is 2. The molecule has 0 unspecified atom stereocenters. The summed E-state index contributed by atoms with van der Waals surface area (Å²) < 4.78 is 13.2. The van der Waals surface area contributed by atoms with E-state index in [2.05, 4.69) is 5.16 Å². The summed E-state index contributed by atoms with van der Waals surface area (Å²) in [6.45, 7) is 0. The van der Waals surface area contributed by atoms with Crippen molar-refractivity contribution in [2.75, 3.05) is 4.90 Å². The van der Waals surface area contributed by atoms with Gasteiger partial charge in [-0.1, -0.05) is 47.6 Å². The summed E-state index contributed by atoms with van der Waals surface area (Å²) in [7, 11) is 0. The van der Waals surface area contributed by atoms with Gasteiger partial charge in [-0.05, 0) is 35.0 Å². The molecule has 5 nitrogen and oxygen atoms in total. The van der Waals surface area contributed by atoms with Crippen molar-refractivity contribution in [2.45, 2.75) is 6.10 Å². The molecular formula is C21H13FN2O3. The Bertz CT molecular complexity index is 1120. The summed E-state index contributed by atoms with van der Waals surface area (Å²) in [5.74, 6) is -2.04. The number of benzene rings is 3. The molecule has 27 heavy (non-hydrogen) atoms. The number of imide groups is 1. The van der Waals surface area contributed by atoms with Gasteiger partial charge >= 0.3 is 0 Å². The molecule has 3 aromatic rings. The largest absolute Gasteiger partial charge is 0.381 e. The third-order valence-electron chi connectivity index (χ3n) is 4.94. The van der Waals surface area contributed by atoms with Crippen molar-refractivity contribution < 1.29 is 18.8 Å². The zero-order valence-corrected chi connectivity index (χ0v) is 14.0. The Morgan fingerprint density at radius 1 is 0.889 bits per heavy atom. The molecule has 2 heterocycles. The monoisotopic (exact) mass is 360 g/mol. The lowest BCUT2D eigenvalue weighted by Crippen LogP contribution is -2.33. The third-order valence-corrected chi connectivity index (χ3v) is 4.94. The molecule has 0 radical (unpaired) electrons. The molecule has 5 rings (SSSR count). The van der Waals surface area contributed by atoms with Crippen LogP contribution >= 0.6 is 0 Å². The van der Waals surface area contributed by atoms with Crippen molar-refractivity contribution >= 4 is 34.0 Å². The number of amides is 2. The molecule has 0 bridgehead atoms. The Morgan fingerprint density at radius 3 is 2.41 bits per heavy atom.